The van der Waals surface area contributed by atoms with Crippen molar-refractivity contribution in [2.75, 3.05) is 10.2 Å². The summed E-state index contributed by atoms with van der Waals surface area (Å²) in [6.45, 7) is 11.4. The average molecular weight is 910 g/mol. The highest BCUT2D eigenvalue weighted by atomic mass is 79.9. The third kappa shape index (κ3) is 13.5. The predicted octanol–water partition coefficient (Wildman–Crippen LogP) is 11.7. The molecule has 4 heterocycles. The van der Waals surface area contributed by atoms with E-state index in [1.54, 1.807) is 54.1 Å². The fourth-order valence-corrected chi connectivity index (χ4v) is 5.94. The van der Waals surface area contributed by atoms with Gasteiger partial charge in [-0.25, -0.2) is 9.59 Å². The van der Waals surface area contributed by atoms with Crippen molar-refractivity contribution in [3.05, 3.63) is 130 Å². The second-order valence-electron chi connectivity index (χ2n) is 13.6. The predicted molar refractivity (Wildman–Crippen MR) is 222 cm³/mol. The Kier molecular flexibility index (Phi) is 14.8. The van der Waals surface area contributed by atoms with Gasteiger partial charge in [0.1, 0.15) is 11.2 Å². The molecule has 0 aliphatic rings. The van der Waals surface area contributed by atoms with Crippen LogP contribution in [0.25, 0.3) is 21.5 Å². The van der Waals surface area contributed by atoms with Crippen molar-refractivity contribution in [2.24, 2.45) is 0 Å². The topological polar surface area (TPSA) is 119 Å². The van der Waals surface area contributed by atoms with Gasteiger partial charge in [-0.1, -0.05) is 40.2 Å². The van der Waals surface area contributed by atoms with Crippen molar-refractivity contribution in [1.82, 2.24) is 19.9 Å². The van der Waals surface area contributed by atoms with Gasteiger partial charge in [0.25, 0.3) is 0 Å². The first kappa shape index (κ1) is 41.3. The third-order valence-corrected chi connectivity index (χ3v) is 8.84. The zero-order valence-corrected chi connectivity index (χ0v) is 35.1. The largest absolute Gasteiger partial charge is 0.444 e. The molecular weight excluding hydrogens is 868 g/mol. The van der Waals surface area contributed by atoms with Gasteiger partial charge >= 0.3 is 12.2 Å². The van der Waals surface area contributed by atoms with Crippen LogP contribution in [-0.4, -0.2) is 43.3 Å². The number of ether oxygens (including phenoxy) is 2. The second kappa shape index (κ2) is 19.0. The number of rotatable bonds is 5. The molecule has 0 saturated heterocycles. The van der Waals surface area contributed by atoms with E-state index in [1.807, 2.05) is 78.3 Å². The lowest BCUT2D eigenvalue weighted by molar-refractivity contribution is 0.0575. The van der Waals surface area contributed by atoms with Gasteiger partial charge in [0, 0.05) is 62.2 Å². The lowest BCUT2D eigenvalue weighted by Crippen LogP contribution is -2.36. The van der Waals surface area contributed by atoms with Crippen LogP contribution in [-0.2, 0) is 21.3 Å². The van der Waals surface area contributed by atoms with E-state index in [0.29, 0.717) is 17.9 Å². The number of hydrogen-bond acceptors (Lipinski definition) is 8. The number of carbonyl (C=O) groups is 2. The summed E-state index contributed by atoms with van der Waals surface area (Å²) in [5.74, 6) is 0. The number of carbonyl (C=O) groups excluding carboxylic acids is 2. The van der Waals surface area contributed by atoms with E-state index in [2.05, 4.69) is 97.3 Å². The summed E-state index contributed by atoms with van der Waals surface area (Å²) in [6, 6.07) is 19.5. The molecule has 0 unspecified atom stereocenters. The number of benzene rings is 2. The van der Waals surface area contributed by atoms with Gasteiger partial charge in [-0.15, -0.1) is 0 Å². The first-order valence-electron chi connectivity index (χ1n) is 16.5. The van der Waals surface area contributed by atoms with Crippen LogP contribution in [0.1, 0.15) is 52.7 Å². The molecule has 6 rings (SSSR count). The van der Waals surface area contributed by atoms with Crippen LogP contribution < -0.4 is 10.2 Å². The first-order valence-corrected chi connectivity index (χ1v) is 19.2. The van der Waals surface area contributed by atoms with Crippen LogP contribution in [0.3, 0.4) is 0 Å². The van der Waals surface area contributed by atoms with Crippen molar-refractivity contribution >= 4 is 92.9 Å². The molecule has 2 aromatic carbocycles. The molecule has 2 amide bonds. The van der Waals surface area contributed by atoms with Gasteiger partial charge in [-0.2, -0.15) is 0 Å². The van der Waals surface area contributed by atoms with Gasteiger partial charge in [-0.3, -0.25) is 30.2 Å². The average Bonchev–Trinajstić information content (AvgIpc) is 3.11. The van der Waals surface area contributed by atoms with Crippen molar-refractivity contribution < 1.29 is 19.1 Å². The quantitative estimate of drug-likeness (QED) is 0.170. The molecule has 6 aromatic rings. The van der Waals surface area contributed by atoms with E-state index < -0.39 is 23.4 Å². The minimum atomic E-state index is -0.574. The summed E-state index contributed by atoms with van der Waals surface area (Å²) in [7, 11) is 0. The van der Waals surface area contributed by atoms with E-state index in [-0.39, 0.29) is 0 Å². The SMILES string of the molecule is BrCc1ccc2cncc(Br)c2c1.CC(C)(C)OC(=O)N(Cc1ccc2cncc(Br)c2c1)c1cccnc1.CC(C)(C)OC(=O)Nc1cccnc1. The Balaban J connectivity index is 0.000000196. The highest BCUT2D eigenvalue weighted by Gasteiger charge is 2.24. The minimum absolute atomic E-state index is 0.380. The number of hydrogen-bond donors (Lipinski definition) is 1. The molecule has 276 valence electrons. The molecule has 4 aromatic heterocycles. The van der Waals surface area contributed by atoms with Crippen LogP contribution in [0.2, 0.25) is 0 Å². The molecule has 0 bridgehead atoms. The molecule has 0 atom stereocenters. The Labute approximate surface area is 335 Å². The van der Waals surface area contributed by atoms with Crippen LogP contribution in [0.15, 0.2) is 119 Å². The normalized spacial score (nSPS) is 11.0. The maximum absolute atomic E-state index is 12.8. The molecule has 0 saturated carbocycles. The number of fused-ring (bicyclic) bond motifs is 2. The van der Waals surface area contributed by atoms with Gasteiger partial charge in [0.2, 0.25) is 0 Å². The van der Waals surface area contributed by atoms with Gasteiger partial charge in [-0.05, 0) is 132 Å². The summed E-state index contributed by atoms with van der Waals surface area (Å²) >= 11 is 10.5. The molecular formula is C40H41Br3N6O4. The number of halogens is 3. The maximum Gasteiger partial charge on any atom is 0.415 e. The summed E-state index contributed by atoms with van der Waals surface area (Å²) in [4.78, 5) is 41.9. The fraction of sp³-hybridized carbons (Fsp3) is 0.250. The number of nitrogens with one attached hydrogen (secondary N) is 1. The number of nitrogens with zero attached hydrogens (tertiary/aromatic N) is 5. The van der Waals surface area contributed by atoms with E-state index >= 15 is 0 Å². The standard InChI is InChI=1S/C20H20BrN3O2.C10H7Br2N.C10H14N2O2/c1-20(2,3)26-19(25)24(16-5-4-8-22-11-16)13-14-6-7-15-10-23-12-18(21)17(15)9-14;11-4-7-1-2-8-5-13-6-10(12)9(8)3-7;1-10(2,3)14-9(13)12-8-5-4-6-11-7-8/h4-12H,13H2,1-3H3;1-3,5-6H,4H2;4-7H,1-3H3,(H,12,13). The molecule has 0 spiro atoms. The molecule has 1 N–H and O–H groups in total. The molecule has 53 heavy (non-hydrogen) atoms. The number of anilines is 2. The van der Waals surface area contributed by atoms with Crippen LogP contribution >= 0.6 is 47.8 Å². The van der Waals surface area contributed by atoms with E-state index in [1.165, 1.54) is 16.3 Å². The molecule has 13 heteroatoms. The lowest BCUT2D eigenvalue weighted by Gasteiger charge is -2.27. The zero-order chi connectivity index (χ0) is 38.6. The zero-order valence-electron chi connectivity index (χ0n) is 30.3. The number of pyridine rings is 4. The Morgan fingerprint density at radius 1 is 0.679 bits per heavy atom. The van der Waals surface area contributed by atoms with Gasteiger partial charge in [0.15, 0.2) is 0 Å². The van der Waals surface area contributed by atoms with Crippen molar-refractivity contribution in [1.29, 1.82) is 0 Å². The molecule has 0 radical (unpaired) electrons. The summed E-state index contributed by atoms with van der Waals surface area (Å²) in [5, 5.41) is 7.93. The summed E-state index contributed by atoms with van der Waals surface area (Å²) in [5.41, 5.74) is 2.53. The number of alkyl halides is 1. The Morgan fingerprint density at radius 3 is 1.74 bits per heavy atom. The summed E-state index contributed by atoms with van der Waals surface area (Å²) in [6.07, 6.45) is 12.9. The highest BCUT2D eigenvalue weighted by Crippen LogP contribution is 2.27. The van der Waals surface area contributed by atoms with Crippen molar-refractivity contribution in [3.8, 4) is 0 Å². The molecule has 10 nitrogen and oxygen atoms in total. The number of amides is 2. The molecule has 0 aliphatic heterocycles. The molecule has 0 aliphatic carbocycles. The second-order valence-corrected chi connectivity index (χ2v) is 15.9. The van der Waals surface area contributed by atoms with Crippen molar-refractivity contribution in [3.63, 3.8) is 0 Å². The number of aromatic nitrogens is 4. The first-order chi connectivity index (χ1) is 25.1. The van der Waals surface area contributed by atoms with E-state index in [9.17, 15) is 9.59 Å². The Hall–Kier alpha value is -4.46. The van der Waals surface area contributed by atoms with Gasteiger partial charge < -0.3 is 9.47 Å². The van der Waals surface area contributed by atoms with Crippen molar-refractivity contribution in [2.45, 2.75) is 64.6 Å². The fourth-order valence-electron chi connectivity index (χ4n) is 4.66. The highest BCUT2D eigenvalue weighted by molar-refractivity contribution is 9.11. The smallest absolute Gasteiger partial charge is 0.415 e. The maximum atomic E-state index is 12.8. The van der Waals surface area contributed by atoms with Gasteiger partial charge in [0.05, 0.1) is 30.3 Å². The molecule has 0 fully saturated rings. The van der Waals surface area contributed by atoms with Crippen LogP contribution in [0, 0.1) is 0 Å². The van der Waals surface area contributed by atoms with E-state index in [4.69, 9.17) is 9.47 Å². The monoisotopic (exact) mass is 906 g/mol. The minimum Gasteiger partial charge on any atom is -0.444 e. The van der Waals surface area contributed by atoms with Crippen LogP contribution in [0.4, 0.5) is 21.0 Å². The third-order valence-electron chi connectivity index (χ3n) is 6.93. The lowest BCUT2D eigenvalue weighted by atomic mass is 10.1. The Morgan fingerprint density at radius 2 is 1.23 bits per heavy atom. The van der Waals surface area contributed by atoms with E-state index in [0.717, 1.165) is 30.6 Å². The summed E-state index contributed by atoms with van der Waals surface area (Å²) < 4.78 is 12.6. The Bertz CT molecular complexity index is 2130. The van der Waals surface area contributed by atoms with Crippen LogP contribution in [0.5, 0.6) is 0 Å².